The first-order valence-corrected chi connectivity index (χ1v) is 11.0. The number of hydrogen-bond donors (Lipinski definition) is 2. The summed E-state index contributed by atoms with van der Waals surface area (Å²) in [6, 6.07) is 22.2. The Morgan fingerprint density at radius 1 is 0.867 bits per heavy atom. The molecule has 1 amide bonds. The van der Waals surface area contributed by atoms with Crippen molar-refractivity contribution in [3.8, 4) is 5.75 Å². The predicted molar refractivity (Wildman–Crippen MR) is 118 cm³/mol. The highest BCUT2D eigenvalue weighted by atomic mass is 32.2. The van der Waals surface area contributed by atoms with Crippen LogP contribution >= 0.6 is 0 Å². The standard InChI is InChI=1S/C23H24N2O4S/c1-17(2)18-8-12-21(13-9-18)29-16-23(26)24-19-10-14-22(15-11-19)30(27,28)25-20-6-4-3-5-7-20/h3-15,17,25H,16H2,1-2H3,(H,24,26). The van der Waals surface area contributed by atoms with Gasteiger partial charge in [0.05, 0.1) is 4.90 Å². The molecule has 3 aromatic rings. The SMILES string of the molecule is CC(C)c1ccc(OCC(=O)Nc2ccc(S(=O)(=O)Nc3ccccc3)cc2)cc1. The van der Waals surface area contributed by atoms with Gasteiger partial charge in [0.25, 0.3) is 15.9 Å². The van der Waals surface area contributed by atoms with Crippen molar-refractivity contribution in [3.63, 3.8) is 0 Å². The van der Waals surface area contributed by atoms with Gasteiger partial charge in [0.2, 0.25) is 0 Å². The van der Waals surface area contributed by atoms with Gasteiger partial charge in [-0.1, -0.05) is 44.2 Å². The summed E-state index contributed by atoms with van der Waals surface area (Å²) < 4.78 is 32.9. The molecule has 0 bridgehead atoms. The zero-order chi connectivity index (χ0) is 21.6. The van der Waals surface area contributed by atoms with E-state index in [0.717, 1.165) is 0 Å². The van der Waals surface area contributed by atoms with Crippen molar-refractivity contribution in [2.45, 2.75) is 24.7 Å². The maximum Gasteiger partial charge on any atom is 0.262 e. The van der Waals surface area contributed by atoms with Gasteiger partial charge in [-0.25, -0.2) is 8.42 Å². The number of carbonyl (C=O) groups excluding carboxylic acids is 1. The Morgan fingerprint density at radius 2 is 1.50 bits per heavy atom. The number of hydrogen-bond acceptors (Lipinski definition) is 4. The first-order chi connectivity index (χ1) is 14.3. The molecule has 0 aliphatic carbocycles. The Morgan fingerprint density at radius 3 is 2.10 bits per heavy atom. The number of nitrogens with one attached hydrogen (secondary N) is 2. The lowest BCUT2D eigenvalue weighted by atomic mass is 10.0. The summed E-state index contributed by atoms with van der Waals surface area (Å²) in [6.45, 7) is 4.08. The molecule has 0 saturated heterocycles. The van der Waals surface area contributed by atoms with E-state index >= 15 is 0 Å². The van der Waals surface area contributed by atoms with Crippen LogP contribution in [0.15, 0.2) is 83.8 Å². The predicted octanol–water partition coefficient (Wildman–Crippen LogP) is 4.63. The van der Waals surface area contributed by atoms with Gasteiger partial charge in [-0.3, -0.25) is 9.52 Å². The van der Waals surface area contributed by atoms with E-state index in [9.17, 15) is 13.2 Å². The summed E-state index contributed by atoms with van der Waals surface area (Å²) in [5.41, 5.74) is 2.16. The highest BCUT2D eigenvalue weighted by molar-refractivity contribution is 7.92. The van der Waals surface area contributed by atoms with E-state index in [4.69, 9.17) is 4.74 Å². The fourth-order valence-electron chi connectivity index (χ4n) is 2.73. The van der Waals surface area contributed by atoms with Gasteiger partial charge in [-0.05, 0) is 60.0 Å². The van der Waals surface area contributed by atoms with Crippen LogP contribution in [-0.4, -0.2) is 20.9 Å². The van der Waals surface area contributed by atoms with Crippen molar-refractivity contribution >= 4 is 27.3 Å². The highest BCUT2D eigenvalue weighted by Crippen LogP contribution is 2.20. The molecule has 3 rings (SSSR count). The third-order valence-corrected chi connectivity index (χ3v) is 5.79. The van der Waals surface area contributed by atoms with Crippen molar-refractivity contribution in [1.29, 1.82) is 0 Å². The quantitative estimate of drug-likeness (QED) is 0.552. The Kier molecular flexibility index (Phi) is 6.74. The van der Waals surface area contributed by atoms with Crippen molar-refractivity contribution in [3.05, 3.63) is 84.4 Å². The Labute approximate surface area is 177 Å². The largest absolute Gasteiger partial charge is 0.484 e. The topological polar surface area (TPSA) is 84.5 Å². The number of rotatable bonds is 8. The molecule has 0 fully saturated rings. The van der Waals surface area contributed by atoms with Crippen LogP contribution in [0.5, 0.6) is 5.75 Å². The van der Waals surface area contributed by atoms with E-state index in [1.165, 1.54) is 29.8 Å². The minimum Gasteiger partial charge on any atom is -0.484 e. The summed E-state index contributed by atoms with van der Waals surface area (Å²) >= 11 is 0. The Hall–Kier alpha value is -3.32. The minimum absolute atomic E-state index is 0.103. The smallest absolute Gasteiger partial charge is 0.262 e. The first-order valence-electron chi connectivity index (χ1n) is 9.54. The van der Waals surface area contributed by atoms with Crippen LogP contribution in [0.3, 0.4) is 0 Å². The second kappa shape index (κ2) is 9.45. The van der Waals surface area contributed by atoms with Crippen LogP contribution in [0.4, 0.5) is 11.4 Å². The van der Waals surface area contributed by atoms with E-state index in [1.807, 2.05) is 24.3 Å². The van der Waals surface area contributed by atoms with E-state index in [0.29, 0.717) is 23.0 Å². The first kappa shape index (κ1) is 21.4. The van der Waals surface area contributed by atoms with Crippen molar-refractivity contribution in [1.82, 2.24) is 0 Å². The number of para-hydroxylation sites is 1. The summed E-state index contributed by atoms with van der Waals surface area (Å²) in [6.07, 6.45) is 0. The van der Waals surface area contributed by atoms with Gasteiger partial charge in [-0.15, -0.1) is 0 Å². The van der Waals surface area contributed by atoms with Gasteiger partial charge in [0.15, 0.2) is 6.61 Å². The minimum atomic E-state index is -3.70. The zero-order valence-electron chi connectivity index (χ0n) is 16.8. The molecule has 2 N–H and O–H groups in total. The monoisotopic (exact) mass is 424 g/mol. The number of benzene rings is 3. The summed E-state index contributed by atoms with van der Waals surface area (Å²) in [4.78, 5) is 12.2. The molecular formula is C23H24N2O4S. The molecule has 0 spiro atoms. The van der Waals surface area contributed by atoms with E-state index in [1.54, 1.807) is 30.3 Å². The molecule has 0 aliphatic rings. The molecular weight excluding hydrogens is 400 g/mol. The zero-order valence-corrected chi connectivity index (χ0v) is 17.6. The van der Waals surface area contributed by atoms with Gasteiger partial charge in [0, 0.05) is 11.4 Å². The fraction of sp³-hybridized carbons (Fsp3) is 0.174. The molecule has 156 valence electrons. The van der Waals surface area contributed by atoms with Crippen LogP contribution in [-0.2, 0) is 14.8 Å². The van der Waals surface area contributed by atoms with Crippen LogP contribution in [0.25, 0.3) is 0 Å². The second-order valence-corrected chi connectivity index (χ2v) is 8.74. The van der Waals surface area contributed by atoms with Gasteiger partial charge in [0.1, 0.15) is 5.75 Å². The average Bonchev–Trinajstić information content (AvgIpc) is 2.73. The van der Waals surface area contributed by atoms with Crippen LogP contribution < -0.4 is 14.8 Å². The highest BCUT2D eigenvalue weighted by Gasteiger charge is 2.14. The normalized spacial score (nSPS) is 11.2. The lowest BCUT2D eigenvalue weighted by molar-refractivity contribution is -0.118. The molecule has 0 atom stereocenters. The molecule has 6 nitrogen and oxygen atoms in total. The third-order valence-electron chi connectivity index (χ3n) is 4.39. The van der Waals surface area contributed by atoms with Crippen molar-refractivity contribution in [2.24, 2.45) is 0 Å². The van der Waals surface area contributed by atoms with Crippen LogP contribution in [0, 0.1) is 0 Å². The van der Waals surface area contributed by atoms with Gasteiger partial charge >= 0.3 is 0 Å². The van der Waals surface area contributed by atoms with E-state index in [2.05, 4.69) is 23.9 Å². The second-order valence-electron chi connectivity index (χ2n) is 7.06. The number of anilines is 2. The summed E-state index contributed by atoms with van der Waals surface area (Å²) in [7, 11) is -3.70. The number of sulfonamides is 1. The molecule has 7 heteroatoms. The Balaban J connectivity index is 1.55. The Bertz CT molecular complexity index is 1080. The molecule has 0 saturated carbocycles. The average molecular weight is 425 g/mol. The summed E-state index contributed by atoms with van der Waals surface area (Å²) in [5, 5.41) is 2.69. The summed E-state index contributed by atoms with van der Waals surface area (Å²) in [5.74, 6) is 0.709. The van der Waals surface area contributed by atoms with E-state index < -0.39 is 10.0 Å². The van der Waals surface area contributed by atoms with Crippen LogP contribution in [0.1, 0.15) is 25.3 Å². The van der Waals surface area contributed by atoms with Crippen molar-refractivity contribution < 1.29 is 17.9 Å². The van der Waals surface area contributed by atoms with Crippen molar-refractivity contribution in [2.75, 3.05) is 16.6 Å². The number of carbonyl (C=O) groups is 1. The maximum atomic E-state index is 12.4. The molecule has 0 radical (unpaired) electrons. The lowest BCUT2D eigenvalue weighted by Crippen LogP contribution is -2.20. The molecule has 0 aliphatic heterocycles. The van der Waals surface area contributed by atoms with E-state index in [-0.39, 0.29) is 17.4 Å². The maximum absolute atomic E-state index is 12.4. The van der Waals surface area contributed by atoms with Crippen LogP contribution in [0.2, 0.25) is 0 Å². The van der Waals surface area contributed by atoms with Gasteiger partial charge < -0.3 is 10.1 Å². The third kappa shape index (κ3) is 5.84. The molecule has 3 aromatic carbocycles. The molecule has 30 heavy (non-hydrogen) atoms. The molecule has 0 aromatic heterocycles. The fourth-order valence-corrected chi connectivity index (χ4v) is 3.79. The number of amides is 1. The molecule has 0 unspecified atom stereocenters. The van der Waals surface area contributed by atoms with Gasteiger partial charge in [-0.2, -0.15) is 0 Å². The lowest BCUT2D eigenvalue weighted by Gasteiger charge is -2.11. The molecule has 0 heterocycles. The number of ether oxygens (including phenoxy) is 1.